The molecule has 0 amide bonds. The Hall–Kier alpha value is -1.89. The molecule has 30 heavy (non-hydrogen) atoms. The zero-order chi connectivity index (χ0) is 21.8. The van der Waals surface area contributed by atoms with Gasteiger partial charge in [0.05, 0.1) is 0 Å². The van der Waals surface area contributed by atoms with E-state index in [1.165, 1.54) is 68.9 Å². The van der Waals surface area contributed by atoms with E-state index in [1.807, 2.05) is 24.3 Å². The fourth-order valence-electron chi connectivity index (χ4n) is 4.50. The van der Waals surface area contributed by atoms with E-state index in [1.54, 1.807) is 0 Å². The molecule has 0 aromatic heterocycles. The molecule has 0 fully saturated rings. The van der Waals surface area contributed by atoms with Crippen LogP contribution in [-0.2, 0) is 6.42 Å². The van der Waals surface area contributed by atoms with Crippen LogP contribution in [0.4, 0.5) is 0 Å². The molecule has 2 aromatic carbocycles. The predicted octanol–water partition coefficient (Wildman–Crippen LogP) is 8.75. The van der Waals surface area contributed by atoms with Gasteiger partial charge < -0.3 is 0 Å². The molecule has 164 valence electrons. The Kier molecular flexibility index (Phi) is 10.9. The number of aryl methyl sites for hydroxylation is 1. The van der Waals surface area contributed by atoms with E-state index in [4.69, 9.17) is 0 Å². The molecule has 0 saturated heterocycles. The van der Waals surface area contributed by atoms with Gasteiger partial charge in [0.15, 0.2) is 5.78 Å². The van der Waals surface area contributed by atoms with Crippen molar-refractivity contribution in [3.8, 4) is 0 Å². The number of hydrogen-bond donors (Lipinski definition) is 0. The summed E-state index contributed by atoms with van der Waals surface area (Å²) >= 11 is 0. The van der Waals surface area contributed by atoms with Gasteiger partial charge in [-0.2, -0.15) is 0 Å². The van der Waals surface area contributed by atoms with Crippen LogP contribution in [0.3, 0.4) is 0 Å². The first-order chi connectivity index (χ1) is 14.6. The highest BCUT2D eigenvalue weighted by Crippen LogP contribution is 2.27. The van der Waals surface area contributed by atoms with Gasteiger partial charge in [-0.25, -0.2) is 0 Å². The maximum Gasteiger partial charge on any atom is 0.193 e. The van der Waals surface area contributed by atoms with Crippen LogP contribution in [0.1, 0.15) is 118 Å². The van der Waals surface area contributed by atoms with Crippen molar-refractivity contribution in [2.75, 3.05) is 0 Å². The number of hydrogen-bond acceptors (Lipinski definition) is 1. The van der Waals surface area contributed by atoms with Crippen LogP contribution in [-0.4, -0.2) is 5.78 Å². The Balaban J connectivity index is 2.00. The smallest absolute Gasteiger partial charge is 0.193 e. The maximum atomic E-state index is 12.9. The van der Waals surface area contributed by atoms with E-state index in [-0.39, 0.29) is 5.78 Å². The Morgan fingerprint density at radius 2 is 1.30 bits per heavy atom. The van der Waals surface area contributed by atoms with Crippen LogP contribution in [0.5, 0.6) is 0 Å². The average molecular weight is 407 g/mol. The third kappa shape index (κ3) is 7.42. The van der Waals surface area contributed by atoms with Gasteiger partial charge in [0.1, 0.15) is 0 Å². The molecule has 0 heterocycles. The normalized spacial score (nSPS) is 13.2. The largest absolute Gasteiger partial charge is 0.289 e. The van der Waals surface area contributed by atoms with Crippen molar-refractivity contribution in [1.29, 1.82) is 0 Å². The fraction of sp³-hybridized carbons (Fsp3) is 0.552. The molecule has 0 N–H and O–H groups in total. The highest BCUT2D eigenvalue weighted by atomic mass is 16.1. The molecule has 0 radical (unpaired) electrons. The van der Waals surface area contributed by atoms with Crippen LogP contribution in [0, 0.1) is 5.92 Å². The molecule has 0 spiro atoms. The first kappa shape index (κ1) is 24.4. The van der Waals surface area contributed by atoms with Crippen molar-refractivity contribution in [3.05, 3.63) is 70.8 Å². The lowest BCUT2D eigenvalue weighted by molar-refractivity contribution is 0.103. The molecule has 0 aliphatic heterocycles. The maximum absolute atomic E-state index is 12.9. The summed E-state index contributed by atoms with van der Waals surface area (Å²) in [5.41, 5.74) is 4.32. The van der Waals surface area contributed by atoms with E-state index < -0.39 is 0 Å². The van der Waals surface area contributed by atoms with Crippen LogP contribution < -0.4 is 0 Å². The van der Waals surface area contributed by atoms with E-state index >= 15 is 0 Å². The number of rotatable bonds is 14. The second kappa shape index (κ2) is 13.4. The Morgan fingerprint density at radius 3 is 1.83 bits per heavy atom. The first-order valence-corrected chi connectivity index (χ1v) is 12.4. The molecule has 0 bridgehead atoms. The molecule has 0 aliphatic rings. The SMILES string of the molecule is CCCCC(CCC)c1ccc(C(=O)c2ccc(CCC(CC)CCC)cc2)cc1. The van der Waals surface area contributed by atoms with Gasteiger partial charge in [-0.3, -0.25) is 4.79 Å². The van der Waals surface area contributed by atoms with E-state index in [9.17, 15) is 4.79 Å². The minimum Gasteiger partial charge on any atom is -0.289 e. The van der Waals surface area contributed by atoms with Crippen molar-refractivity contribution >= 4 is 5.78 Å². The topological polar surface area (TPSA) is 17.1 Å². The summed E-state index contributed by atoms with van der Waals surface area (Å²) < 4.78 is 0. The lowest BCUT2D eigenvalue weighted by Crippen LogP contribution is -2.04. The number of carbonyl (C=O) groups is 1. The molecule has 2 rings (SSSR count). The van der Waals surface area contributed by atoms with Crippen LogP contribution >= 0.6 is 0 Å². The predicted molar refractivity (Wildman–Crippen MR) is 131 cm³/mol. The second-order valence-electron chi connectivity index (χ2n) is 8.88. The minimum atomic E-state index is 0.131. The van der Waals surface area contributed by atoms with E-state index in [0.29, 0.717) is 5.92 Å². The second-order valence-corrected chi connectivity index (χ2v) is 8.88. The van der Waals surface area contributed by atoms with Gasteiger partial charge in [0, 0.05) is 11.1 Å². The zero-order valence-corrected chi connectivity index (χ0v) is 19.8. The molecule has 2 atom stereocenters. The molecule has 0 aliphatic carbocycles. The molecule has 0 saturated carbocycles. The fourth-order valence-corrected chi connectivity index (χ4v) is 4.50. The van der Waals surface area contributed by atoms with Gasteiger partial charge >= 0.3 is 0 Å². The molecule has 2 aromatic rings. The van der Waals surface area contributed by atoms with Gasteiger partial charge in [-0.15, -0.1) is 0 Å². The zero-order valence-electron chi connectivity index (χ0n) is 19.8. The molecule has 2 unspecified atom stereocenters. The number of carbonyl (C=O) groups excluding carboxylic acids is 1. The van der Waals surface area contributed by atoms with Crippen LogP contribution in [0.2, 0.25) is 0 Å². The number of ketones is 1. The summed E-state index contributed by atoms with van der Waals surface area (Å²) in [6.45, 7) is 9.07. The van der Waals surface area contributed by atoms with Gasteiger partial charge in [-0.05, 0) is 48.6 Å². The van der Waals surface area contributed by atoms with E-state index in [0.717, 1.165) is 23.5 Å². The highest BCUT2D eigenvalue weighted by Gasteiger charge is 2.13. The molecule has 1 nitrogen and oxygen atoms in total. The summed E-state index contributed by atoms with van der Waals surface area (Å²) in [7, 11) is 0. The van der Waals surface area contributed by atoms with Gasteiger partial charge in [0.25, 0.3) is 0 Å². The number of benzene rings is 2. The van der Waals surface area contributed by atoms with Crippen molar-refractivity contribution in [2.45, 2.75) is 97.8 Å². The summed E-state index contributed by atoms with van der Waals surface area (Å²) in [6.07, 6.45) is 12.4. The quantitative estimate of drug-likeness (QED) is 0.287. The Labute approximate surface area is 185 Å². The summed E-state index contributed by atoms with van der Waals surface area (Å²) in [5.74, 6) is 1.58. The lowest BCUT2D eigenvalue weighted by atomic mass is 9.88. The van der Waals surface area contributed by atoms with Crippen molar-refractivity contribution in [1.82, 2.24) is 0 Å². The monoisotopic (exact) mass is 406 g/mol. The third-order valence-corrected chi connectivity index (χ3v) is 6.52. The van der Waals surface area contributed by atoms with Crippen LogP contribution in [0.25, 0.3) is 0 Å². The third-order valence-electron chi connectivity index (χ3n) is 6.52. The molecule has 1 heteroatoms. The Bertz CT molecular complexity index is 726. The van der Waals surface area contributed by atoms with Gasteiger partial charge in [0.2, 0.25) is 0 Å². The van der Waals surface area contributed by atoms with Crippen LogP contribution in [0.15, 0.2) is 48.5 Å². The Morgan fingerprint density at radius 1 is 0.700 bits per heavy atom. The summed E-state index contributed by atoms with van der Waals surface area (Å²) in [5, 5.41) is 0. The highest BCUT2D eigenvalue weighted by molar-refractivity contribution is 6.09. The average Bonchev–Trinajstić information content (AvgIpc) is 2.79. The summed E-state index contributed by atoms with van der Waals surface area (Å²) in [4.78, 5) is 12.9. The first-order valence-electron chi connectivity index (χ1n) is 12.4. The number of unbranched alkanes of at least 4 members (excludes halogenated alkanes) is 1. The van der Waals surface area contributed by atoms with Crippen molar-refractivity contribution in [3.63, 3.8) is 0 Å². The summed E-state index contributed by atoms with van der Waals surface area (Å²) in [6, 6.07) is 16.7. The van der Waals surface area contributed by atoms with E-state index in [2.05, 4.69) is 52.0 Å². The van der Waals surface area contributed by atoms with Crippen molar-refractivity contribution < 1.29 is 4.79 Å². The molecular formula is C29H42O. The lowest BCUT2D eigenvalue weighted by Gasteiger charge is -2.16. The minimum absolute atomic E-state index is 0.131. The van der Waals surface area contributed by atoms with Gasteiger partial charge in [-0.1, -0.05) is 115 Å². The van der Waals surface area contributed by atoms with Crippen molar-refractivity contribution in [2.24, 2.45) is 5.92 Å². The molecular weight excluding hydrogens is 364 g/mol. The standard InChI is InChI=1S/C29H42O/c1-5-9-12-25(11-7-3)26-19-21-28(22-20-26)29(30)27-17-15-24(16-18-27)14-13-23(8-4)10-6-2/h15-23,25H,5-14H2,1-4H3.